The van der Waals surface area contributed by atoms with Gasteiger partial charge < -0.3 is 14.7 Å². The Bertz CT molecular complexity index is 4320. The van der Waals surface area contributed by atoms with Crippen molar-refractivity contribution in [1.82, 2.24) is 0 Å². The molecule has 0 saturated heterocycles. The van der Waals surface area contributed by atoms with Crippen molar-refractivity contribution in [3.05, 3.63) is 321 Å². The average molecular weight is 1020 g/mol. The Labute approximate surface area is 469 Å². The van der Waals surface area contributed by atoms with E-state index in [1.165, 1.54) is 61.0 Å². The van der Waals surface area contributed by atoms with E-state index >= 15 is 0 Å². The molecule has 0 N–H and O–H groups in total. The summed E-state index contributed by atoms with van der Waals surface area (Å²) < 4.78 is 0. The van der Waals surface area contributed by atoms with Gasteiger partial charge in [0.15, 0.2) is 0 Å². The Kier molecular flexibility index (Phi) is 12.2. The van der Waals surface area contributed by atoms with Gasteiger partial charge in [-0.2, -0.15) is 0 Å². The molecule has 0 fully saturated rings. The third-order valence-corrected chi connectivity index (χ3v) is 16.2. The number of benzene rings is 13. The summed E-state index contributed by atoms with van der Waals surface area (Å²) in [7, 11) is 0. The first kappa shape index (κ1) is 48.2. The number of hydrogen-bond acceptors (Lipinski definition) is 3. The number of anilines is 9. The van der Waals surface area contributed by atoms with Gasteiger partial charge >= 0.3 is 0 Å². The van der Waals surface area contributed by atoms with Crippen molar-refractivity contribution in [2.75, 3.05) is 14.7 Å². The molecule has 0 aromatic heterocycles. The van der Waals surface area contributed by atoms with Crippen LogP contribution in [-0.4, -0.2) is 0 Å². The second-order valence-electron chi connectivity index (χ2n) is 21.3. The van der Waals surface area contributed by atoms with Crippen molar-refractivity contribution in [3.63, 3.8) is 0 Å². The minimum Gasteiger partial charge on any atom is -0.310 e. The van der Waals surface area contributed by atoms with Gasteiger partial charge in [-0.1, -0.05) is 226 Å². The fourth-order valence-electron chi connectivity index (χ4n) is 12.3. The van der Waals surface area contributed by atoms with Crippen molar-refractivity contribution in [2.24, 2.45) is 0 Å². The zero-order valence-electron chi connectivity index (χ0n) is 44.8. The Hall–Kier alpha value is -10.2. The molecule has 0 bridgehead atoms. The van der Waals surface area contributed by atoms with Crippen molar-refractivity contribution in [3.8, 4) is 44.5 Å². The molecular formula is C77H57N3. The van der Waals surface area contributed by atoms with Crippen LogP contribution in [0.15, 0.2) is 309 Å². The van der Waals surface area contributed by atoms with Gasteiger partial charge in [0.1, 0.15) is 0 Å². The molecule has 0 radical (unpaired) electrons. The van der Waals surface area contributed by atoms with Crippen LogP contribution < -0.4 is 14.7 Å². The number of nitrogens with zero attached hydrogens (tertiary/aromatic N) is 3. The van der Waals surface area contributed by atoms with Crippen molar-refractivity contribution >= 4 is 72.7 Å². The molecule has 14 rings (SSSR count). The van der Waals surface area contributed by atoms with Crippen LogP contribution in [0.5, 0.6) is 0 Å². The molecule has 1 aliphatic rings. The Balaban J connectivity index is 1.02. The maximum atomic E-state index is 2.54. The molecule has 0 atom stereocenters. The predicted octanol–water partition coefficient (Wildman–Crippen LogP) is 21.7. The molecule has 0 saturated carbocycles. The molecule has 380 valence electrons. The Morgan fingerprint density at radius 1 is 0.212 bits per heavy atom. The summed E-state index contributed by atoms with van der Waals surface area (Å²) in [5.74, 6) is 0. The van der Waals surface area contributed by atoms with Gasteiger partial charge in [-0.3, -0.25) is 0 Å². The topological polar surface area (TPSA) is 9.72 Å². The number of para-hydroxylation sites is 3. The van der Waals surface area contributed by atoms with E-state index in [4.69, 9.17) is 0 Å². The summed E-state index contributed by atoms with van der Waals surface area (Å²) >= 11 is 0. The number of fused-ring (bicyclic) bond motifs is 5. The van der Waals surface area contributed by atoms with E-state index in [9.17, 15) is 0 Å². The average Bonchev–Trinajstić information content (AvgIpc) is 3.82. The molecule has 3 nitrogen and oxygen atoms in total. The minimum atomic E-state index is -0.376. The summed E-state index contributed by atoms with van der Waals surface area (Å²) in [5, 5.41) is 4.63. The fraction of sp³-hybridized carbons (Fsp3) is 0.0390. The van der Waals surface area contributed by atoms with Crippen molar-refractivity contribution < 1.29 is 0 Å². The third-order valence-electron chi connectivity index (χ3n) is 16.2. The van der Waals surface area contributed by atoms with Crippen molar-refractivity contribution in [2.45, 2.75) is 19.3 Å². The minimum absolute atomic E-state index is 0.376. The molecule has 0 spiro atoms. The lowest BCUT2D eigenvalue weighted by molar-refractivity contribution is 0.661. The highest BCUT2D eigenvalue weighted by Crippen LogP contribution is 2.57. The van der Waals surface area contributed by atoms with E-state index in [2.05, 4.69) is 338 Å². The van der Waals surface area contributed by atoms with Gasteiger partial charge in [-0.25, -0.2) is 0 Å². The first-order chi connectivity index (χ1) is 39.5. The molecule has 0 heterocycles. The molecule has 0 aliphatic heterocycles. The van der Waals surface area contributed by atoms with E-state index in [0.717, 1.165) is 67.3 Å². The monoisotopic (exact) mass is 1020 g/mol. The van der Waals surface area contributed by atoms with Gasteiger partial charge in [-0.15, -0.1) is 0 Å². The van der Waals surface area contributed by atoms with Gasteiger partial charge in [0.05, 0.1) is 11.4 Å². The Morgan fingerprint density at radius 2 is 0.500 bits per heavy atom. The van der Waals surface area contributed by atoms with Gasteiger partial charge in [0.25, 0.3) is 0 Å². The van der Waals surface area contributed by atoms with Gasteiger partial charge in [0.2, 0.25) is 0 Å². The zero-order valence-corrected chi connectivity index (χ0v) is 44.8. The van der Waals surface area contributed by atoms with Crippen LogP contribution in [0, 0.1) is 0 Å². The molecule has 13 aromatic carbocycles. The fourth-order valence-corrected chi connectivity index (χ4v) is 12.3. The van der Waals surface area contributed by atoms with E-state index in [1.807, 2.05) is 0 Å². The highest BCUT2D eigenvalue weighted by Gasteiger charge is 2.38. The summed E-state index contributed by atoms with van der Waals surface area (Å²) in [6, 6.07) is 113. The molecule has 1 aliphatic carbocycles. The van der Waals surface area contributed by atoms with Gasteiger partial charge in [0, 0.05) is 66.8 Å². The molecule has 80 heavy (non-hydrogen) atoms. The number of hydrogen-bond donors (Lipinski definition) is 0. The summed E-state index contributed by atoms with van der Waals surface area (Å²) in [6.45, 7) is 4.83. The lowest BCUT2D eigenvalue weighted by Gasteiger charge is -2.33. The highest BCUT2D eigenvalue weighted by molar-refractivity contribution is 6.24. The normalized spacial score (nSPS) is 12.2. The molecule has 0 amide bonds. The first-order valence-electron chi connectivity index (χ1n) is 27.7. The van der Waals surface area contributed by atoms with Crippen LogP contribution in [0.25, 0.3) is 66.1 Å². The maximum Gasteiger partial charge on any atom is 0.0620 e. The molecule has 13 aromatic rings. The number of rotatable bonds is 12. The van der Waals surface area contributed by atoms with E-state index < -0.39 is 0 Å². The summed E-state index contributed by atoms with van der Waals surface area (Å²) in [4.78, 5) is 7.38. The summed E-state index contributed by atoms with van der Waals surface area (Å²) in [6.07, 6.45) is 0. The molecular weight excluding hydrogens is 967 g/mol. The van der Waals surface area contributed by atoms with Crippen LogP contribution >= 0.6 is 0 Å². The van der Waals surface area contributed by atoms with Crippen LogP contribution in [0.4, 0.5) is 51.2 Å². The molecule has 0 unspecified atom stereocenters. The van der Waals surface area contributed by atoms with Gasteiger partial charge in [-0.05, 0) is 153 Å². The highest BCUT2D eigenvalue weighted by atomic mass is 15.2. The van der Waals surface area contributed by atoms with E-state index in [0.29, 0.717) is 0 Å². The van der Waals surface area contributed by atoms with Crippen LogP contribution in [0.1, 0.15) is 25.0 Å². The predicted molar refractivity (Wildman–Crippen MR) is 339 cm³/mol. The lowest BCUT2D eigenvalue weighted by Crippen LogP contribution is -2.17. The quantitative estimate of drug-likeness (QED) is 0.0892. The van der Waals surface area contributed by atoms with Crippen molar-refractivity contribution in [1.29, 1.82) is 0 Å². The SMILES string of the molecule is CC1(C)c2cc(N(c3ccccc3)c3ccc(-c4ccccc4)cc3)ccc2-c2cc3c(N(c4ccccc4)c4ccc(-c5ccccc5)cc4)c4ccccc4c(N(c4ccccc4)c4ccc(-c5ccccc5)cc4)c3cc21. The van der Waals surface area contributed by atoms with Crippen LogP contribution in [0.2, 0.25) is 0 Å². The zero-order chi connectivity index (χ0) is 53.6. The van der Waals surface area contributed by atoms with E-state index in [1.54, 1.807) is 0 Å². The Morgan fingerprint density at radius 3 is 0.900 bits per heavy atom. The largest absolute Gasteiger partial charge is 0.310 e. The molecule has 3 heteroatoms. The van der Waals surface area contributed by atoms with E-state index in [-0.39, 0.29) is 5.41 Å². The second kappa shape index (κ2) is 20.3. The lowest BCUT2D eigenvalue weighted by atomic mass is 9.81. The standard InChI is InChI=1S/C77H57N3/c1-77(2)73-51-66(78(60-29-15-6-16-30-60)63-43-37-57(38-44-63)54-23-9-3-10-24-54)49-50-67(73)70-52-71-72(53-74(70)77)76(80(62-33-19-8-20-34-62)65-47-41-59(42-48-65)56-27-13-5-14-28-56)69-36-22-21-35-68(69)75(71)79(61-31-17-7-18-32-61)64-45-39-58(40-46-64)55-25-11-4-12-26-55/h3-53H,1-2H3. The van der Waals surface area contributed by atoms with Crippen LogP contribution in [0.3, 0.4) is 0 Å². The first-order valence-corrected chi connectivity index (χ1v) is 27.7. The van der Waals surface area contributed by atoms with Crippen LogP contribution in [-0.2, 0) is 5.41 Å². The third kappa shape index (κ3) is 8.57. The smallest absolute Gasteiger partial charge is 0.0620 e. The second-order valence-corrected chi connectivity index (χ2v) is 21.3. The summed E-state index contributed by atoms with van der Waals surface area (Å²) in [5.41, 5.74) is 21.8. The maximum absolute atomic E-state index is 2.54.